The van der Waals surface area contributed by atoms with Gasteiger partial charge >= 0.3 is 0 Å². The van der Waals surface area contributed by atoms with E-state index in [1.807, 2.05) is 6.92 Å². The van der Waals surface area contributed by atoms with E-state index in [1.54, 1.807) is 0 Å². The number of aliphatic hydroxyl groups is 1. The topological polar surface area (TPSA) is 46.0 Å². The zero-order valence-corrected chi connectivity index (χ0v) is 11.1. The van der Waals surface area contributed by atoms with Crippen molar-refractivity contribution >= 4 is 23.3 Å². The Morgan fingerprint density at radius 1 is 1.33 bits per heavy atom. The average molecular weight is 288 g/mol. The SMILES string of the molecule is CCc1nsc(Sc2c(F)cc(CO)cc2F)n1. The first-order valence-corrected chi connectivity index (χ1v) is 6.82. The van der Waals surface area contributed by atoms with Gasteiger partial charge in [0, 0.05) is 6.42 Å². The van der Waals surface area contributed by atoms with Gasteiger partial charge in [0.05, 0.1) is 11.5 Å². The third-order valence-corrected chi connectivity index (χ3v) is 4.08. The van der Waals surface area contributed by atoms with Gasteiger partial charge in [-0.2, -0.15) is 4.37 Å². The van der Waals surface area contributed by atoms with E-state index >= 15 is 0 Å². The second-order valence-corrected chi connectivity index (χ2v) is 5.49. The Bertz CT molecular complexity index is 537. The summed E-state index contributed by atoms with van der Waals surface area (Å²) in [6.45, 7) is 1.52. The fourth-order valence-electron chi connectivity index (χ4n) is 1.31. The van der Waals surface area contributed by atoms with E-state index in [2.05, 4.69) is 9.36 Å². The summed E-state index contributed by atoms with van der Waals surface area (Å²) in [5.41, 5.74) is 0.209. The van der Waals surface area contributed by atoms with Gasteiger partial charge in [0.15, 0.2) is 4.34 Å². The van der Waals surface area contributed by atoms with Crippen molar-refractivity contribution in [3.05, 3.63) is 35.2 Å². The quantitative estimate of drug-likeness (QED) is 0.939. The molecule has 1 heterocycles. The second-order valence-electron chi connectivity index (χ2n) is 3.48. The number of nitrogens with zero attached hydrogens (tertiary/aromatic N) is 2. The third kappa shape index (κ3) is 2.85. The number of hydrogen-bond acceptors (Lipinski definition) is 5. The molecule has 0 aliphatic carbocycles. The highest BCUT2D eigenvalue weighted by atomic mass is 32.2. The van der Waals surface area contributed by atoms with Gasteiger partial charge in [-0.25, -0.2) is 13.8 Å². The molecule has 2 aromatic rings. The molecule has 0 saturated carbocycles. The maximum Gasteiger partial charge on any atom is 0.175 e. The number of benzene rings is 1. The van der Waals surface area contributed by atoms with E-state index in [-0.39, 0.29) is 10.5 Å². The van der Waals surface area contributed by atoms with E-state index < -0.39 is 18.2 Å². The van der Waals surface area contributed by atoms with Gasteiger partial charge in [0.25, 0.3) is 0 Å². The molecule has 0 unspecified atom stereocenters. The number of aryl methyl sites for hydroxylation is 1. The van der Waals surface area contributed by atoms with Gasteiger partial charge in [-0.15, -0.1) is 0 Å². The molecule has 18 heavy (non-hydrogen) atoms. The molecule has 2 rings (SSSR count). The van der Waals surface area contributed by atoms with Crippen LogP contribution in [0.25, 0.3) is 0 Å². The summed E-state index contributed by atoms with van der Waals surface area (Å²) < 4.78 is 31.9. The van der Waals surface area contributed by atoms with Crippen molar-refractivity contribution in [1.29, 1.82) is 0 Å². The minimum absolute atomic E-state index is 0.119. The fourth-order valence-corrected chi connectivity index (χ4v) is 2.96. The minimum atomic E-state index is -0.697. The summed E-state index contributed by atoms with van der Waals surface area (Å²) in [7, 11) is 0. The van der Waals surface area contributed by atoms with Crippen molar-refractivity contribution in [3.8, 4) is 0 Å². The van der Waals surface area contributed by atoms with Crippen LogP contribution in [0, 0.1) is 11.6 Å². The van der Waals surface area contributed by atoms with Crippen LogP contribution in [0.5, 0.6) is 0 Å². The first-order valence-electron chi connectivity index (χ1n) is 5.23. The molecule has 0 atom stereocenters. The van der Waals surface area contributed by atoms with E-state index in [0.29, 0.717) is 16.6 Å². The van der Waals surface area contributed by atoms with E-state index in [0.717, 1.165) is 35.4 Å². The summed E-state index contributed by atoms with van der Waals surface area (Å²) in [6, 6.07) is 2.24. The summed E-state index contributed by atoms with van der Waals surface area (Å²) in [5.74, 6) is -0.732. The van der Waals surface area contributed by atoms with Crippen molar-refractivity contribution in [3.63, 3.8) is 0 Å². The molecule has 96 valence electrons. The van der Waals surface area contributed by atoms with Gasteiger partial charge in [0.1, 0.15) is 17.5 Å². The van der Waals surface area contributed by atoms with Crippen LogP contribution >= 0.6 is 23.3 Å². The summed E-state index contributed by atoms with van der Waals surface area (Å²) >= 11 is 2.02. The van der Waals surface area contributed by atoms with Crippen molar-refractivity contribution in [2.24, 2.45) is 0 Å². The van der Waals surface area contributed by atoms with Crippen LogP contribution in [0.4, 0.5) is 8.78 Å². The molecule has 1 N–H and O–H groups in total. The van der Waals surface area contributed by atoms with Crippen LogP contribution in [-0.4, -0.2) is 14.5 Å². The lowest BCUT2D eigenvalue weighted by molar-refractivity contribution is 0.280. The number of aliphatic hydroxyl groups excluding tert-OH is 1. The minimum Gasteiger partial charge on any atom is -0.392 e. The zero-order chi connectivity index (χ0) is 13.1. The van der Waals surface area contributed by atoms with E-state index in [1.165, 1.54) is 0 Å². The highest BCUT2D eigenvalue weighted by Gasteiger charge is 2.15. The largest absolute Gasteiger partial charge is 0.392 e. The molecule has 0 saturated heterocycles. The Labute approximate surface area is 111 Å². The third-order valence-electron chi connectivity index (χ3n) is 2.20. The Kier molecular flexibility index (Phi) is 4.26. The van der Waals surface area contributed by atoms with Crippen LogP contribution in [0.2, 0.25) is 0 Å². The van der Waals surface area contributed by atoms with Crippen LogP contribution in [0.15, 0.2) is 21.4 Å². The Morgan fingerprint density at radius 2 is 2.00 bits per heavy atom. The van der Waals surface area contributed by atoms with Crippen LogP contribution in [0.1, 0.15) is 18.3 Å². The smallest absolute Gasteiger partial charge is 0.175 e. The monoisotopic (exact) mass is 288 g/mol. The van der Waals surface area contributed by atoms with Crippen LogP contribution < -0.4 is 0 Å². The summed E-state index contributed by atoms with van der Waals surface area (Å²) in [6.07, 6.45) is 0.686. The van der Waals surface area contributed by atoms with E-state index in [9.17, 15) is 8.78 Å². The van der Waals surface area contributed by atoms with Gasteiger partial charge in [-0.3, -0.25) is 0 Å². The number of hydrogen-bond donors (Lipinski definition) is 1. The standard InChI is InChI=1S/C11H10F2N2OS2/c1-2-9-14-11(18-15-9)17-10-7(12)3-6(5-16)4-8(10)13/h3-4,16H,2,5H2,1H3. The molecule has 0 radical (unpaired) electrons. The molecule has 0 aliphatic heterocycles. The molecule has 1 aromatic heterocycles. The molecule has 1 aromatic carbocycles. The van der Waals surface area contributed by atoms with Crippen molar-refractivity contribution < 1.29 is 13.9 Å². The maximum atomic E-state index is 13.7. The van der Waals surface area contributed by atoms with Crippen LogP contribution in [0.3, 0.4) is 0 Å². The van der Waals surface area contributed by atoms with E-state index in [4.69, 9.17) is 5.11 Å². The van der Waals surface area contributed by atoms with Gasteiger partial charge in [-0.05, 0) is 29.2 Å². The molecule has 0 amide bonds. The van der Waals surface area contributed by atoms with Gasteiger partial charge in [-0.1, -0.05) is 18.7 Å². The van der Waals surface area contributed by atoms with Gasteiger partial charge in [0.2, 0.25) is 0 Å². The highest BCUT2D eigenvalue weighted by Crippen LogP contribution is 2.33. The first kappa shape index (κ1) is 13.4. The number of halogens is 2. The van der Waals surface area contributed by atoms with Gasteiger partial charge < -0.3 is 5.11 Å². The summed E-state index contributed by atoms with van der Waals surface area (Å²) in [5, 5.41) is 8.84. The zero-order valence-electron chi connectivity index (χ0n) is 9.48. The molecule has 0 aliphatic rings. The average Bonchev–Trinajstić information content (AvgIpc) is 2.81. The Balaban J connectivity index is 2.28. The molecule has 3 nitrogen and oxygen atoms in total. The Hall–Kier alpha value is -1.05. The highest BCUT2D eigenvalue weighted by molar-refractivity contribution is 8.01. The van der Waals surface area contributed by atoms with Crippen LogP contribution in [-0.2, 0) is 13.0 Å². The van der Waals surface area contributed by atoms with Crippen molar-refractivity contribution in [2.75, 3.05) is 0 Å². The van der Waals surface area contributed by atoms with Crippen molar-refractivity contribution in [2.45, 2.75) is 29.2 Å². The molecular weight excluding hydrogens is 278 g/mol. The Morgan fingerprint density at radius 3 is 2.50 bits per heavy atom. The second kappa shape index (κ2) is 5.73. The molecule has 0 bridgehead atoms. The lowest BCUT2D eigenvalue weighted by Gasteiger charge is -2.04. The number of rotatable bonds is 4. The lowest BCUT2D eigenvalue weighted by Crippen LogP contribution is -1.93. The van der Waals surface area contributed by atoms with Crippen molar-refractivity contribution in [1.82, 2.24) is 9.36 Å². The molecule has 0 spiro atoms. The fraction of sp³-hybridized carbons (Fsp3) is 0.273. The summed E-state index contributed by atoms with van der Waals surface area (Å²) in [4.78, 5) is 4.02. The molecule has 0 fully saturated rings. The lowest BCUT2D eigenvalue weighted by atomic mass is 10.2. The molecular formula is C11H10F2N2OS2. The normalized spacial score (nSPS) is 10.9. The number of aromatic nitrogens is 2. The first-order chi connectivity index (χ1) is 8.63. The molecule has 7 heteroatoms. The predicted molar refractivity (Wildman–Crippen MR) is 65.7 cm³/mol. The maximum absolute atomic E-state index is 13.7. The predicted octanol–water partition coefficient (Wildman–Crippen LogP) is 3.02.